The summed E-state index contributed by atoms with van der Waals surface area (Å²) < 4.78 is 2.33. The fourth-order valence-corrected chi connectivity index (χ4v) is 1.92. The van der Waals surface area contributed by atoms with Crippen LogP contribution in [0.3, 0.4) is 0 Å². The Morgan fingerprint density at radius 3 is 2.75 bits per heavy atom. The monoisotopic (exact) mass is 362 g/mol. The molecule has 6 heteroatoms. The van der Waals surface area contributed by atoms with Crippen LogP contribution in [0.15, 0.2) is 44.2 Å². The van der Waals surface area contributed by atoms with E-state index in [0.29, 0.717) is 19.7 Å². The Kier molecular flexibility index (Phi) is 3.47. The fourth-order valence-electron chi connectivity index (χ4n) is 1.20. The lowest BCUT2D eigenvalue weighted by Crippen LogP contribution is -2.21. The average molecular weight is 364 g/mol. The predicted molar refractivity (Wildman–Crippen MR) is 70.2 cm³/mol. The van der Waals surface area contributed by atoms with Crippen LogP contribution in [0.1, 0.15) is 0 Å². The van der Waals surface area contributed by atoms with Gasteiger partial charge in [-0.15, -0.1) is 0 Å². The second-order valence-electron chi connectivity index (χ2n) is 3.00. The Morgan fingerprint density at radius 2 is 2.06 bits per heavy atom. The summed E-state index contributed by atoms with van der Waals surface area (Å²) in [5.74, 6) is 0. The second-order valence-corrected chi connectivity index (χ2v) is 5.09. The SMILES string of the molecule is O=c1c(Br)c(Br)cnn1-c1cccc(Cl)c1. The zero-order valence-corrected chi connectivity index (χ0v) is 11.8. The van der Waals surface area contributed by atoms with E-state index in [1.54, 1.807) is 30.5 Å². The first kappa shape index (κ1) is 11.8. The maximum Gasteiger partial charge on any atom is 0.286 e. The van der Waals surface area contributed by atoms with Crippen LogP contribution in [-0.4, -0.2) is 9.78 Å². The largest absolute Gasteiger partial charge is 0.286 e. The van der Waals surface area contributed by atoms with E-state index in [1.807, 2.05) is 0 Å². The molecule has 0 saturated carbocycles. The van der Waals surface area contributed by atoms with Crippen LogP contribution in [0.2, 0.25) is 5.02 Å². The Labute approximate surface area is 113 Å². The van der Waals surface area contributed by atoms with Gasteiger partial charge in [0.1, 0.15) is 4.47 Å². The molecule has 2 aromatic rings. The number of hydrogen-bond acceptors (Lipinski definition) is 2. The van der Waals surface area contributed by atoms with Gasteiger partial charge in [-0.05, 0) is 50.1 Å². The van der Waals surface area contributed by atoms with E-state index in [0.717, 1.165) is 0 Å². The molecule has 16 heavy (non-hydrogen) atoms. The molecule has 0 amide bonds. The lowest BCUT2D eigenvalue weighted by molar-refractivity contribution is 0.796. The third kappa shape index (κ3) is 2.21. The van der Waals surface area contributed by atoms with Gasteiger partial charge in [-0.2, -0.15) is 9.78 Å². The van der Waals surface area contributed by atoms with Gasteiger partial charge in [-0.1, -0.05) is 17.7 Å². The smallest absolute Gasteiger partial charge is 0.266 e. The van der Waals surface area contributed by atoms with Crippen LogP contribution in [-0.2, 0) is 0 Å². The van der Waals surface area contributed by atoms with Crippen molar-refractivity contribution in [2.24, 2.45) is 0 Å². The molecule has 0 aliphatic rings. The van der Waals surface area contributed by atoms with Crippen molar-refractivity contribution >= 4 is 43.5 Å². The average Bonchev–Trinajstić information content (AvgIpc) is 2.26. The quantitative estimate of drug-likeness (QED) is 0.777. The van der Waals surface area contributed by atoms with Crippen molar-refractivity contribution in [3.8, 4) is 5.69 Å². The zero-order chi connectivity index (χ0) is 11.7. The number of nitrogens with zero attached hydrogens (tertiary/aromatic N) is 2. The van der Waals surface area contributed by atoms with Crippen LogP contribution < -0.4 is 5.56 Å². The van der Waals surface area contributed by atoms with Crippen LogP contribution in [0, 0.1) is 0 Å². The van der Waals surface area contributed by atoms with E-state index in [2.05, 4.69) is 37.0 Å². The summed E-state index contributed by atoms with van der Waals surface area (Å²) in [6, 6.07) is 6.95. The summed E-state index contributed by atoms with van der Waals surface area (Å²) >= 11 is 12.3. The molecular formula is C10H5Br2ClN2O. The number of rotatable bonds is 1. The molecule has 3 nitrogen and oxygen atoms in total. The van der Waals surface area contributed by atoms with E-state index in [9.17, 15) is 4.79 Å². The second kappa shape index (κ2) is 4.69. The third-order valence-electron chi connectivity index (χ3n) is 1.93. The molecule has 0 bridgehead atoms. The first-order valence-electron chi connectivity index (χ1n) is 4.29. The van der Waals surface area contributed by atoms with Gasteiger partial charge in [-0.25, -0.2) is 0 Å². The standard InChI is InChI=1S/C10H5Br2ClN2O/c11-8-5-14-15(10(16)9(8)12)7-3-1-2-6(13)4-7/h1-5H. The zero-order valence-electron chi connectivity index (χ0n) is 7.82. The van der Waals surface area contributed by atoms with Crippen LogP contribution >= 0.6 is 43.5 Å². The van der Waals surface area contributed by atoms with E-state index >= 15 is 0 Å². The molecule has 1 heterocycles. The van der Waals surface area contributed by atoms with Crippen molar-refractivity contribution in [2.45, 2.75) is 0 Å². The summed E-state index contributed by atoms with van der Waals surface area (Å²) in [6.07, 6.45) is 1.55. The molecule has 1 aromatic carbocycles. The number of halogens is 3. The Morgan fingerprint density at radius 1 is 1.31 bits per heavy atom. The normalized spacial score (nSPS) is 10.4. The molecule has 0 saturated heterocycles. The van der Waals surface area contributed by atoms with Crippen LogP contribution in [0.4, 0.5) is 0 Å². The van der Waals surface area contributed by atoms with Gasteiger partial charge in [0.2, 0.25) is 0 Å². The molecule has 0 spiro atoms. The highest BCUT2D eigenvalue weighted by atomic mass is 79.9. The molecule has 0 fully saturated rings. The summed E-state index contributed by atoms with van der Waals surface area (Å²) in [7, 11) is 0. The van der Waals surface area contributed by atoms with Gasteiger partial charge in [0.05, 0.1) is 16.4 Å². The van der Waals surface area contributed by atoms with E-state index in [1.165, 1.54) is 4.68 Å². The highest BCUT2D eigenvalue weighted by molar-refractivity contribution is 9.13. The number of aromatic nitrogens is 2. The van der Waals surface area contributed by atoms with Gasteiger partial charge in [0, 0.05) is 5.02 Å². The lowest BCUT2D eigenvalue weighted by Gasteiger charge is -2.05. The van der Waals surface area contributed by atoms with Crippen molar-refractivity contribution in [1.29, 1.82) is 0 Å². The number of benzene rings is 1. The summed E-state index contributed by atoms with van der Waals surface area (Å²) in [4.78, 5) is 11.9. The third-order valence-corrected chi connectivity index (χ3v) is 4.06. The van der Waals surface area contributed by atoms with Gasteiger partial charge in [-0.3, -0.25) is 4.79 Å². The summed E-state index contributed by atoms with van der Waals surface area (Å²) in [6.45, 7) is 0. The van der Waals surface area contributed by atoms with Crippen molar-refractivity contribution in [3.05, 3.63) is 54.8 Å². The van der Waals surface area contributed by atoms with Crippen molar-refractivity contribution in [1.82, 2.24) is 9.78 Å². The predicted octanol–water partition coefficient (Wildman–Crippen LogP) is 3.41. The van der Waals surface area contributed by atoms with Crippen LogP contribution in [0.5, 0.6) is 0 Å². The first-order valence-corrected chi connectivity index (χ1v) is 6.25. The summed E-state index contributed by atoms with van der Waals surface area (Å²) in [5.41, 5.74) is 0.391. The van der Waals surface area contributed by atoms with Gasteiger partial charge in [0.25, 0.3) is 5.56 Å². The highest BCUT2D eigenvalue weighted by Crippen LogP contribution is 2.18. The maximum absolute atomic E-state index is 11.9. The summed E-state index contributed by atoms with van der Waals surface area (Å²) in [5, 5.41) is 4.58. The molecule has 0 aliphatic carbocycles. The Bertz CT molecular complexity index is 598. The van der Waals surface area contributed by atoms with Crippen molar-refractivity contribution in [3.63, 3.8) is 0 Å². The number of hydrogen-bond donors (Lipinski definition) is 0. The molecule has 2 rings (SSSR count). The minimum Gasteiger partial charge on any atom is -0.266 e. The van der Waals surface area contributed by atoms with Gasteiger partial charge >= 0.3 is 0 Å². The van der Waals surface area contributed by atoms with E-state index < -0.39 is 0 Å². The molecule has 0 atom stereocenters. The molecule has 0 radical (unpaired) electrons. The van der Waals surface area contributed by atoms with Crippen LogP contribution in [0.25, 0.3) is 5.69 Å². The minimum atomic E-state index is -0.239. The van der Waals surface area contributed by atoms with E-state index in [-0.39, 0.29) is 5.56 Å². The highest BCUT2D eigenvalue weighted by Gasteiger charge is 2.08. The van der Waals surface area contributed by atoms with Crippen molar-refractivity contribution < 1.29 is 0 Å². The molecular weight excluding hydrogens is 359 g/mol. The van der Waals surface area contributed by atoms with E-state index in [4.69, 9.17) is 11.6 Å². The molecule has 0 unspecified atom stereocenters. The molecule has 0 N–H and O–H groups in total. The minimum absolute atomic E-state index is 0.239. The molecule has 1 aromatic heterocycles. The first-order chi connectivity index (χ1) is 7.59. The maximum atomic E-state index is 11.9. The lowest BCUT2D eigenvalue weighted by atomic mass is 10.3. The van der Waals surface area contributed by atoms with Gasteiger partial charge in [0.15, 0.2) is 0 Å². The fraction of sp³-hybridized carbons (Fsp3) is 0. The topological polar surface area (TPSA) is 34.9 Å². The van der Waals surface area contributed by atoms with Crippen molar-refractivity contribution in [2.75, 3.05) is 0 Å². The molecule has 82 valence electrons. The Balaban J connectivity index is 2.66. The molecule has 0 aliphatic heterocycles. The Hall–Kier alpha value is -0.650. The van der Waals surface area contributed by atoms with Gasteiger partial charge < -0.3 is 0 Å².